The zero-order valence-electron chi connectivity index (χ0n) is 14.4. The molecule has 4 rings (SSSR count). The molecule has 0 spiro atoms. The first kappa shape index (κ1) is 18.9. The van der Waals surface area contributed by atoms with Crippen molar-refractivity contribution in [2.24, 2.45) is 0 Å². The molecule has 1 heterocycles. The molecule has 0 aliphatic rings. The molecule has 4 aromatic rings. The van der Waals surface area contributed by atoms with Gasteiger partial charge < -0.3 is 5.32 Å². The van der Waals surface area contributed by atoms with Crippen molar-refractivity contribution in [2.75, 3.05) is 5.32 Å². The minimum Gasteiger partial charge on any atom is -0.321 e. The van der Waals surface area contributed by atoms with E-state index in [1.165, 1.54) is 0 Å². The van der Waals surface area contributed by atoms with Crippen molar-refractivity contribution in [3.63, 3.8) is 0 Å². The van der Waals surface area contributed by atoms with Gasteiger partial charge in [0, 0.05) is 20.4 Å². The Morgan fingerprint density at radius 2 is 1.68 bits per heavy atom. The fraction of sp³-hybridized carbons (Fsp3) is 0. The van der Waals surface area contributed by atoms with Crippen LogP contribution in [0.25, 0.3) is 22.2 Å². The Morgan fingerprint density at radius 3 is 2.46 bits per heavy atom. The summed E-state index contributed by atoms with van der Waals surface area (Å²) in [6.07, 6.45) is 0. The number of para-hydroxylation sites is 2. The molecule has 0 bridgehead atoms. The summed E-state index contributed by atoms with van der Waals surface area (Å²) in [5, 5.41) is 4.74. The molecule has 138 valence electrons. The largest absolute Gasteiger partial charge is 0.321 e. The highest BCUT2D eigenvalue weighted by Crippen LogP contribution is 2.32. The molecule has 0 fully saturated rings. The molecule has 0 saturated heterocycles. The van der Waals surface area contributed by atoms with E-state index < -0.39 is 0 Å². The number of aromatic nitrogens is 1. The van der Waals surface area contributed by atoms with E-state index in [1.54, 1.807) is 24.3 Å². The van der Waals surface area contributed by atoms with Gasteiger partial charge in [-0.15, -0.1) is 0 Å². The predicted molar refractivity (Wildman–Crippen MR) is 119 cm³/mol. The maximum Gasteiger partial charge on any atom is 0.256 e. The summed E-state index contributed by atoms with van der Waals surface area (Å²) < 4.78 is 0.808. The highest BCUT2D eigenvalue weighted by atomic mass is 79.9. The highest BCUT2D eigenvalue weighted by molar-refractivity contribution is 9.10. The third-order valence-corrected chi connectivity index (χ3v) is 5.53. The number of pyridine rings is 1. The van der Waals surface area contributed by atoms with Crippen LogP contribution in [0.2, 0.25) is 10.0 Å². The fourth-order valence-corrected chi connectivity index (χ4v) is 3.84. The second kappa shape index (κ2) is 7.92. The van der Waals surface area contributed by atoms with Gasteiger partial charge in [0.1, 0.15) is 0 Å². The molecular weight excluding hydrogens is 459 g/mol. The third-order valence-electron chi connectivity index (χ3n) is 4.29. The second-order valence-electron chi connectivity index (χ2n) is 6.13. The molecule has 1 amide bonds. The van der Waals surface area contributed by atoms with Crippen LogP contribution in [0.3, 0.4) is 0 Å². The summed E-state index contributed by atoms with van der Waals surface area (Å²) in [6.45, 7) is 0. The van der Waals surface area contributed by atoms with Crippen molar-refractivity contribution in [2.45, 2.75) is 0 Å². The van der Waals surface area contributed by atoms with E-state index in [0.29, 0.717) is 38.1 Å². The topological polar surface area (TPSA) is 42.0 Å². The predicted octanol–water partition coefficient (Wildman–Crippen LogP) is 7.22. The number of halogens is 3. The molecule has 1 aromatic heterocycles. The number of hydrogen-bond donors (Lipinski definition) is 1. The van der Waals surface area contributed by atoms with Crippen LogP contribution in [0.15, 0.2) is 77.3 Å². The third kappa shape index (κ3) is 3.76. The molecule has 3 aromatic carbocycles. The maximum atomic E-state index is 13.1. The fourth-order valence-electron chi connectivity index (χ4n) is 2.95. The molecule has 0 aliphatic carbocycles. The number of carbonyl (C=O) groups excluding carboxylic acids is 1. The van der Waals surface area contributed by atoms with Gasteiger partial charge in [0.2, 0.25) is 0 Å². The Labute approximate surface area is 180 Å². The van der Waals surface area contributed by atoms with E-state index in [2.05, 4.69) is 26.2 Å². The van der Waals surface area contributed by atoms with Crippen LogP contribution in [0.4, 0.5) is 5.69 Å². The van der Waals surface area contributed by atoms with Crippen molar-refractivity contribution in [1.29, 1.82) is 0 Å². The van der Waals surface area contributed by atoms with Crippen molar-refractivity contribution < 1.29 is 4.79 Å². The number of carbonyl (C=O) groups is 1. The Kier molecular flexibility index (Phi) is 5.36. The van der Waals surface area contributed by atoms with Gasteiger partial charge in [-0.1, -0.05) is 53.5 Å². The van der Waals surface area contributed by atoms with Crippen LogP contribution in [0.5, 0.6) is 0 Å². The normalized spacial score (nSPS) is 10.8. The smallest absolute Gasteiger partial charge is 0.256 e. The zero-order valence-corrected chi connectivity index (χ0v) is 17.5. The van der Waals surface area contributed by atoms with Crippen LogP contribution in [0, 0.1) is 0 Å². The Bertz CT molecular complexity index is 1210. The molecule has 0 unspecified atom stereocenters. The quantitative estimate of drug-likeness (QED) is 0.342. The van der Waals surface area contributed by atoms with Crippen LogP contribution in [-0.2, 0) is 0 Å². The number of hydrogen-bond acceptors (Lipinski definition) is 2. The molecule has 0 radical (unpaired) electrons. The Morgan fingerprint density at radius 1 is 0.929 bits per heavy atom. The van der Waals surface area contributed by atoms with Gasteiger partial charge in [0.25, 0.3) is 5.91 Å². The molecule has 0 atom stereocenters. The van der Waals surface area contributed by atoms with Gasteiger partial charge in [-0.3, -0.25) is 4.79 Å². The van der Waals surface area contributed by atoms with E-state index >= 15 is 0 Å². The summed E-state index contributed by atoms with van der Waals surface area (Å²) in [4.78, 5) is 17.8. The first-order valence-electron chi connectivity index (χ1n) is 8.44. The highest BCUT2D eigenvalue weighted by Gasteiger charge is 2.16. The van der Waals surface area contributed by atoms with Gasteiger partial charge in [0.15, 0.2) is 0 Å². The number of rotatable bonds is 3. The van der Waals surface area contributed by atoms with E-state index in [1.807, 2.05) is 48.5 Å². The summed E-state index contributed by atoms with van der Waals surface area (Å²) in [6, 6.07) is 22.0. The van der Waals surface area contributed by atoms with Gasteiger partial charge in [-0.25, -0.2) is 4.98 Å². The molecular formula is C22H13BrCl2N2O. The van der Waals surface area contributed by atoms with Crippen molar-refractivity contribution >= 4 is 61.6 Å². The van der Waals surface area contributed by atoms with Gasteiger partial charge >= 0.3 is 0 Å². The minimum atomic E-state index is -0.225. The average molecular weight is 472 g/mol. The molecule has 0 aliphatic heterocycles. The number of fused-ring (bicyclic) bond motifs is 1. The van der Waals surface area contributed by atoms with Crippen molar-refractivity contribution in [3.05, 3.63) is 92.9 Å². The van der Waals surface area contributed by atoms with Crippen LogP contribution in [0.1, 0.15) is 10.4 Å². The van der Waals surface area contributed by atoms with E-state index in [4.69, 9.17) is 23.2 Å². The number of benzene rings is 3. The zero-order chi connectivity index (χ0) is 19.7. The van der Waals surface area contributed by atoms with Gasteiger partial charge in [0.05, 0.1) is 27.5 Å². The number of amides is 1. The van der Waals surface area contributed by atoms with Crippen molar-refractivity contribution in [3.8, 4) is 11.3 Å². The summed E-state index contributed by atoms with van der Waals surface area (Å²) in [5.74, 6) is -0.225. The second-order valence-corrected chi connectivity index (χ2v) is 7.83. The van der Waals surface area contributed by atoms with Crippen molar-refractivity contribution in [1.82, 2.24) is 4.98 Å². The minimum absolute atomic E-state index is 0.225. The monoisotopic (exact) mass is 470 g/mol. The lowest BCUT2D eigenvalue weighted by Crippen LogP contribution is -2.13. The standard InChI is InChI=1S/C22H13BrCl2N2O/c23-17-6-2-4-8-20(17)27-22(28)16-12-21(15-10-9-13(24)11-18(15)25)26-19-7-3-1-5-14(16)19/h1-12H,(H,27,28). The Hall–Kier alpha value is -2.40. The lowest BCUT2D eigenvalue weighted by Gasteiger charge is -2.12. The summed E-state index contributed by atoms with van der Waals surface area (Å²) in [7, 11) is 0. The molecule has 6 heteroatoms. The Balaban J connectivity index is 1.85. The summed E-state index contributed by atoms with van der Waals surface area (Å²) in [5.41, 5.74) is 3.24. The first-order chi connectivity index (χ1) is 13.5. The van der Waals surface area contributed by atoms with Crippen LogP contribution < -0.4 is 5.32 Å². The van der Waals surface area contributed by atoms with Gasteiger partial charge in [-0.2, -0.15) is 0 Å². The van der Waals surface area contributed by atoms with E-state index in [9.17, 15) is 4.79 Å². The lowest BCUT2D eigenvalue weighted by atomic mass is 10.0. The molecule has 28 heavy (non-hydrogen) atoms. The van der Waals surface area contributed by atoms with Crippen LogP contribution >= 0.6 is 39.1 Å². The number of anilines is 1. The van der Waals surface area contributed by atoms with Crippen LogP contribution in [-0.4, -0.2) is 10.9 Å². The number of nitrogens with one attached hydrogen (secondary N) is 1. The molecule has 1 N–H and O–H groups in total. The van der Waals surface area contributed by atoms with E-state index in [-0.39, 0.29) is 5.91 Å². The maximum absolute atomic E-state index is 13.1. The summed E-state index contributed by atoms with van der Waals surface area (Å²) >= 11 is 15.8. The average Bonchev–Trinajstić information content (AvgIpc) is 2.69. The molecule has 0 saturated carbocycles. The lowest BCUT2D eigenvalue weighted by molar-refractivity contribution is 0.102. The van der Waals surface area contributed by atoms with Gasteiger partial charge in [-0.05, 0) is 58.4 Å². The first-order valence-corrected chi connectivity index (χ1v) is 9.99. The number of nitrogens with zero attached hydrogens (tertiary/aromatic N) is 1. The SMILES string of the molecule is O=C(Nc1ccccc1Br)c1cc(-c2ccc(Cl)cc2Cl)nc2ccccc12. The molecule has 3 nitrogen and oxygen atoms in total. The van der Waals surface area contributed by atoms with E-state index in [0.717, 1.165) is 9.86 Å².